The molecule has 0 spiro atoms. The minimum Gasteiger partial charge on any atom is -0.369 e. The number of nitrogens with zero attached hydrogens (tertiary/aromatic N) is 3. The van der Waals surface area contributed by atoms with E-state index in [1.165, 1.54) is 11.1 Å². The van der Waals surface area contributed by atoms with Gasteiger partial charge >= 0.3 is 0 Å². The molecule has 3 heterocycles. The molecule has 2 aromatic heterocycles. The maximum Gasteiger partial charge on any atom is 0.227 e. The number of hydrogen-bond donors (Lipinski definition) is 3. The van der Waals surface area contributed by atoms with Crippen LogP contribution in [0, 0.1) is 0 Å². The lowest BCUT2D eigenvalue weighted by Crippen LogP contribution is -2.21. The van der Waals surface area contributed by atoms with E-state index in [2.05, 4.69) is 50.1 Å². The standard InChI is InChI=1S/C17H18N6/c1-2-5-11-9-12(8-10(11)4-1)19-17-20-15-14-13(6-3-7-18-15)22-23-16(14)21-17/h1-2,4-5,12H,3,6-9H2,(H3,18,19,20,21,22,23). The third-order valence-electron chi connectivity index (χ3n) is 4.77. The van der Waals surface area contributed by atoms with E-state index < -0.39 is 0 Å². The van der Waals surface area contributed by atoms with Crippen LogP contribution in [0.1, 0.15) is 23.2 Å². The van der Waals surface area contributed by atoms with Crippen LogP contribution in [-0.2, 0) is 19.3 Å². The fourth-order valence-electron chi connectivity index (χ4n) is 3.67. The van der Waals surface area contributed by atoms with E-state index >= 15 is 0 Å². The van der Waals surface area contributed by atoms with Crippen molar-refractivity contribution in [2.24, 2.45) is 0 Å². The van der Waals surface area contributed by atoms with Gasteiger partial charge in [-0.1, -0.05) is 24.3 Å². The maximum absolute atomic E-state index is 4.70. The Kier molecular flexibility index (Phi) is 2.76. The Hall–Kier alpha value is -2.63. The van der Waals surface area contributed by atoms with Gasteiger partial charge in [-0.2, -0.15) is 15.1 Å². The molecule has 1 aliphatic heterocycles. The fraction of sp³-hybridized carbons (Fsp3) is 0.353. The SMILES string of the molecule is c1ccc2c(c1)CC(Nc1nc3c4c([nH]nc4n1)CCCN3)C2. The number of H-pyrrole nitrogens is 1. The summed E-state index contributed by atoms with van der Waals surface area (Å²) in [4.78, 5) is 9.30. The molecule has 2 aliphatic rings. The maximum atomic E-state index is 4.70. The largest absolute Gasteiger partial charge is 0.369 e. The molecule has 0 amide bonds. The number of aromatic nitrogens is 4. The Morgan fingerprint density at radius 1 is 1.09 bits per heavy atom. The molecule has 23 heavy (non-hydrogen) atoms. The molecular weight excluding hydrogens is 288 g/mol. The minimum absolute atomic E-state index is 0.348. The van der Waals surface area contributed by atoms with Crippen molar-refractivity contribution in [3.63, 3.8) is 0 Å². The molecule has 6 heteroatoms. The number of benzene rings is 1. The number of aromatic amines is 1. The summed E-state index contributed by atoms with van der Waals surface area (Å²) in [6, 6.07) is 8.97. The van der Waals surface area contributed by atoms with Gasteiger partial charge in [-0.25, -0.2) is 0 Å². The molecule has 0 atom stereocenters. The Labute approximate surface area is 133 Å². The molecule has 3 aromatic rings. The van der Waals surface area contributed by atoms with E-state index in [9.17, 15) is 0 Å². The van der Waals surface area contributed by atoms with Crippen molar-refractivity contribution >= 4 is 22.8 Å². The van der Waals surface area contributed by atoms with Crippen LogP contribution in [0.5, 0.6) is 0 Å². The van der Waals surface area contributed by atoms with Gasteiger partial charge in [-0.15, -0.1) is 0 Å². The molecule has 3 N–H and O–H groups in total. The first-order valence-corrected chi connectivity index (χ1v) is 8.19. The van der Waals surface area contributed by atoms with Gasteiger partial charge in [0.25, 0.3) is 0 Å². The van der Waals surface area contributed by atoms with Crippen LogP contribution in [0.4, 0.5) is 11.8 Å². The van der Waals surface area contributed by atoms with Gasteiger partial charge in [0, 0.05) is 18.3 Å². The van der Waals surface area contributed by atoms with E-state index in [0.717, 1.165) is 54.8 Å². The first kappa shape index (κ1) is 12.9. The smallest absolute Gasteiger partial charge is 0.227 e. The molecule has 6 nitrogen and oxygen atoms in total. The van der Waals surface area contributed by atoms with Crippen molar-refractivity contribution < 1.29 is 0 Å². The second-order valence-corrected chi connectivity index (χ2v) is 6.35. The van der Waals surface area contributed by atoms with Crippen molar-refractivity contribution in [3.05, 3.63) is 41.1 Å². The van der Waals surface area contributed by atoms with E-state index in [0.29, 0.717) is 12.0 Å². The van der Waals surface area contributed by atoms with Gasteiger partial charge in [0.05, 0.1) is 5.39 Å². The summed E-state index contributed by atoms with van der Waals surface area (Å²) in [5, 5.41) is 15.4. The highest BCUT2D eigenvalue weighted by molar-refractivity contribution is 5.90. The molecule has 116 valence electrons. The summed E-state index contributed by atoms with van der Waals surface area (Å²) in [5.41, 5.74) is 4.73. The average molecular weight is 306 g/mol. The van der Waals surface area contributed by atoms with Gasteiger partial charge in [-0.05, 0) is 36.8 Å². The molecule has 0 bridgehead atoms. The van der Waals surface area contributed by atoms with Gasteiger partial charge in [0.2, 0.25) is 5.95 Å². The zero-order valence-electron chi connectivity index (χ0n) is 12.8. The highest BCUT2D eigenvalue weighted by atomic mass is 15.2. The normalized spacial score (nSPS) is 16.9. The Balaban J connectivity index is 1.46. The Morgan fingerprint density at radius 3 is 2.74 bits per heavy atom. The molecule has 5 rings (SSSR count). The summed E-state index contributed by atoms with van der Waals surface area (Å²) in [7, 11) is 0. The zero-order valence-corrected chi connectivity index (χ0v) is 12.8. The van der Waals surface area contributed by atoms with Gasteiger partial charge in [0.15, 0.2) is 5.65 Å². The number of anilines is 2. The number of aryl methyl sites for hydroxylation is 1. The van der Waals surface area contributed by atoms with Crippen molar-refractivity contribution in [3.8, 4) is 0 Å². The molecule has 0 saturated heterocycles. The number of rotatable bonds is 2. The predicted molar refractivity (Wildman–Crippen MR) is 89.8 cm³/mol. The fourth-order valence-corrected chi connectivity index (χ4v) is 3.67. The van der Waals surface area contributed by atoms with E-state index in [-0.39, 0.29) is 0 Å². The van der Waals surface area contributed by atoms with Crippen molar-refractivity contribution in [1.29, 1.82) is 0 Å². The summed E-state index contributed by atoms with van der Waals surface area (Å²) >= 11 is 0. The lowest BCUT2D eigenvalue weighted by atomic mass is 10.1. The second kappa shape index (κ2) is 4.94. The lowest BCUT2D eigenvalue weighted by molar-refractivity contribution is 0.762. The lowest BCUT2D eigenvalue weighted by Gasteiger charge is -2.13. The first-order chi connectivity index (χ1) is 11.4. The summed E-state index contributed by atoms with van der Waals surface area (Å²) < 4.78 is 0. The molecule has 0 unspecified atom stereocenters. The predicted octanol–water partition coefficient (Wildman–Crippen LogP) is 2.29. The second-order valence-electron chi connectivity index (χ2n) is 6.35. The Bertz CT molecular complexity index is 859. The van der Waals surface area contributed by atoms with Crippen molar-refractivity contribution in [2.75, 3.05) is 17.2 Å². The van der Waals surface area contributed by atoms with E-state index in [1.54, 1.807) is 0 Å². The van der Waals surface area contributed by atoms with E-state index in [1.807, 2.05) is 0 Å². The van der Waals surface area contributed by atoms with Crippen LogP contribution >= 0.6 is 0 Å². The number of hydrogen-bond acceptors (Lipinski definition) is 5. The average Bonchev–Trinajstić information content (AvgIpc) is 3.08. The molecule has 0 saturated carbocycles. The number of nitrogens with one attached hydrogen (secondary N) is 3. The third kappa shape index (κ3) is 2.13. The first-order valence-electron chi connectivity index (χ1n) is 8.19. The van der Waals surface area contributed by atoms with Crippen LogP contribution in [0.3, 0.4) is 0 Å². The Morgan fingerprint density at radius 2 is 1.91 bits per heavy atom. The van der Waals surface area contributed by atoms with E-state index in [4.69, 9.17) is 4.98 Å². The molecule has 0 fully saturated rings. The van der Waals surface area contributed by atoms with Gasteiger partial charge in [-0.3, -0.25) is 5.10 Å². The molecule has 0 radical (unpaired) electrons. The minimum atomic E-state index is 0.348. The molecular formula is C17H18N6. The van der Waals surface area contributed by atoms with Crippen LogP contribution < -0.4 is 10.6 Å². The zero-order chi connectivity index (χ0) is 15.2. The van der Waals surface area contributed by atoms with Crippen molar-refractivity contribution in [2.45, 2.75) is 31.7 Å². The highest BCUT2D eigenvalue weighted by Crippen LogP contribution is 2.28. The summed E-state index contributed by atoms with van der Waals surface area (Å²) in [6.07, 6.45) is 4.11. The van der Waals surface area contributed by atoms with Crippen molar-refractivity contribution in [1.82, 2.24) is 20.2 Å². The molecule has 1 aliphatic carbocycles. The van der Waals surface area contributed by atoms with Crippen LogP contribution in [0.15, 0.2) is 24.3 Å². The topological polar surface area (TPSA) is 78.5 Å². The number of fused-ring (bicyclic) bond motifs is 1. The van der Waals surface area contributed by atoms with Gasteiger partial charge < -0.3 is 10.6 Å². The highest BCUT2D eigenvalue weighted by Gasteiger charge is 2.23. The van der Waals surface area contributed by atoms with Crippen LogP contribution in [-0.4, -0.2) is 32.8 Å². The van der Waals surface area contributed by atoms with Gasteiger partial charge in [0.1, 0.15) is 5.82 Å². The van der Waals surface area contributed by atoms with Crippen LogP contribution in [0.25, 0.3) is 11.0 Å². The molecule has 1 aromatic carbocycles. The summed E-state index contributed by atoms with van der Waals surface area (Å²) in [5.74, 6) is 1.56. The summed E-state index contributed by atoms with van der Waals surface area (Å²) in [6.45, 7) is 0.933. The quantitative estimate of drug-likeness (QED) is 0.677. The monoisotopic (exact) mass is 306 g/mol. The third-order valence-corrected chi connectivity index (χ3v) is 4.77. The van der Waals surface area contributed by atoms with Crippen LogP contribution in [0.2, 0.25) is 0 Å².